The molecule has 0 radical (unpaired) electrons. The first-order chi connectivity index (χ1) is 4.92. The van der Waals surface area contributed by atoms with Crippen LogP contribution in [-0.2, 0) is 0 Å². The molecule has 2 rings (SSSR count). The van der Waals surface area contributed by atoms with E-state index in [0.717, 1.165) is 5.65 Å². The Morgan fingerprint density at radius 1 is 1.60 bits per heavy atom. The minimum absolute atomic E-state index is 1.04. The molecule has 2 heterocycles. The van der Waals surface area contributed by atoms with Gasteiger partial charge in [0.2, 0.25) is 0 Å². The highest BCUT2D eigenvalue weighted by molar-refractivity contribution is 5.39. The van der Waals surface area contributed by atoms with Crippen molar-refractivity contribution < 1.29 is 0 Å². The Bertz CT molecular complexity index is 332. The SMILES string of the molecule is CNn1ncn2cccc12. The van der Waals surface area contributed by atoms with Gasteiger partial charge in [-0.1, -0.05) is 0 Å². The topological polar surface area (TPSA) is 34.3 Å². The van der Waals surface area contributed by atoms with Crippen LogP contribution in [0.4, 0.5) is 0 Å². The van der Waals surface area contributed by atoms with Crippen LogP contribution in [0.15, 0.2) is 24.7 Å². The molecule has 0 bridgehead atoms. The van der Waals surface area contributed by atoms with Crippen LogP contribution in [0.3, 0.4) is 0 Å². The number of rotatable bonds is 1. The first-order valence-electron chi connectivity index (χ1n) is 3.10. The summed E-state index contributed by atoms with van der Waals surface area (Å²) >= 11 is 0. The average molecular weight is 136 g/mol. The lowest BCUT2D eigenvalue weighted by Crippen LogP contribution is -2.09. The minimum atomic E-state index is 1.04. The lowest BCUT2D eigenvalue weighted by Gasteiger charge is -1.95. The molecule has 1 N–H and O–H groups in total. The lowest BCUT2D eigenvalue weighted by molar-refractivity contribution is 0.810. The maximum Gasteiger partial charge on any atom is 0.157 e. The minimum Gasteiger partial charge on any atom is -0.311 e. The molecule has 0 saturated heterocycles. The van der Waals surface area contributed by atoms with Gasteiger partial charge in [0.05, 0.1) is 0 Å². The fraction of sp³-hybridized carbons (Fsp3) is 0.167. The summed E-state index contributed by atoms with van der Waals surface area (Å²) in [6, 6.07) is 3.97. The first-order valence-corrected chi connectivity index (χ1v) is 3.10. The van der Waals surface area contributed by atoms with Crippen LogP contribution in [0, 0.1) is 0 Å². The smallest absolute Gasteiger partial charge is 0.157 e. The third-order valence-electron chi connectivity index (χ3n) is 1.48. The quantitative estimate of drug-likeness (QED) is 0.612. The summed E-state index contributed by atoms with van der Waals surface area (Å²) in [5, 5.41) is 4.04. The van der Waals surface area contributed by atoms with Crippen LogP contribution in [0.5, 0.6) is 0 Å². The third kappa shape index (κ3) is 0.528. The summed E-state index contributed by atoms with van der Waals surface area (Å²) in [6.45, 7) is 0. The van der Waals surface area contributed by atoms with E-state index in [2.05, 4.69) is 10.5 Å². The van der Waals surface area contributed by atoms with E-state index in [1.165, 1.54) is 0 Å². The van der Waals surface area contributed by atoms with E-state index in [1.807, 2.05) is 29.8 Å². The van der Waals surface area contributed by atoms with E-state index in [0.29, 0.717) is 0 Å². The van der Waals surface area contributed by atoms with Crippen LogP contribution in [0.1, 0.15) is 0 Å². The van der Waals surface area contributed by atoms with Gasteiger partial charge in [0.1, 0.15) is 6.33 Å². The Hall–Kier alpha value is -1.45. The van der Waals surface area contributed by atoms with E-state index in [1.54, 1.807) is 11.1 Å². The number of aromatic nitrogens is 3. The maximum absolute atomic E-state index is 4.04. The second kappa shape index (κ2) is 1.76. The van der Waals surface area contributed by atoms with Crippen LogP contribution in [0.2, 0.25) is 0 Å². The van der Waals surface area contributed by atoms with Gasteiger partial charge in [-0.25, -0.2) is 0 Å². The monoisotopic (exact) mass is 136 g/mol. The summed E-state index contributed by atoms with van der Waals surface area (Å²) < 4.78 is 1.94. The molecule has 0 aliphatic rings. The van der Waals surface area contributed by atoms with Crippen LogP contribution in [0.25, 0.3) is 5.65 Å². The predicted molar refractivity (Wildman–Crippen MR) is 38.5 cm³/mol. The number of hydrogen-bond donors (Lipinski definition) is 1. The summed E-state index contributed by atoms with van der Waals surface area (Å²) in [6.07, 6.45) is 3.71. The molecule has 0 saturated carbocycles. The Balaban J connectivity index is 2.76. The van der Waals surface area contributed by atoms with Crippen molar-refractivity contribution >= 4 is 5.65 Å². The number of fused-ring (bicyclic) bond motifs is 1. The van der Waals surface area contributed by atoms with Crippen molar-refractivity contribution in [3.05, 3.63) is 24.7 Å². The van der Waals surface area contributed by atoms with Gasteiger partial charge in [0.15, 0.2) is 5.65 Å². The summed E-state index contributed by atoms with van der Waals surface area (Å²) in [7, 11) is 1.83. The van der Waals surface area contributed by atoms with E-state index in [9.17, 15) is 0 Å². The van der Waals surface area contributed by atoms with Crippen molar-refractivity contribution in [3.63, 3.8) is 0 Å². The van der Waals surface area contributed by atoms with Crippen molar-refractivity contribution in [1.29, 1.82) is 0 Å². The Kier molecular flexibility index (Phi) is 0.943. The highest BCUT2D eigenvalue weighted by atomic mass is 15.6. The van der Waals surface area contributed by atoms with Gasteiger partial charge in [0.25, 0.3) is 0 Å². The molecule has 2 aromatic heterocycles. The molecule has 0 amide bonds. The second-order valence-corrected chi connectivity index (χ2v) is 2.04. The molecule has 2 aromatic rings. The highest BCUT2D eigenvalue weighted by Crippen LogP contribution is 1.99. The predicted octanol–water partition coefficient (Wildman–Crippen LogP) is 0.309. The van der Waals surface area contributed by atoms with Crippen LogP contribution >= 0.6 is 0 Å². The van der Waals surface area contributed by atoms with Crippen molar-refractivity contribution in [1.82, 2.24) is 14.3 Å². The Morgan fingerprint density at radius 2 is 2.50 bits per heavy atom. The molecule has 4 heteroatoms. The zero-order valence-electron chi connectivity index (χ0n) is 5.65. The molecule has 0 spiro atoms. The second-order valence-electron chi connectivity index (χ2n) is 2.04. The van der Waals surface area contributed by atoms with E-state index in [4.69, 9.17) is 0 Å². The van der Waals surface area contributed by atoms with E-state index >= 15 is 0 Å². The average Bonchev–Trinajstić information content (AvgIpc) is 2.44. The van der Waals surface area contributed by atoms with Gasteiger partial charge >= 0.3 is 0 Å². The summed E-state index contributed by atoms with van der Waals surface area (Å²) in [5.41, 5.74) is 3.96. The van der Waals surface area contributed by atoms with Crippen molar-refractivity contribution in [2.45, 2.75) is 0 Å². The summed E-state index contributed by atoms with van der Waals surface area (Å²) in [5.74, 6) is 0. The van der Waals surface area contributed by atoms with E-state index in [-0.39, 0.29) is 0 Å². The normalized spacial score (nSPS) is 10.5. The molecular weight excluding hydrogens is 128 g/mol. The number of nitrogens with one attached hydrogen (secondary N) is 1. The molecule has 0 aromatic carbocycles. The highest BCUT2D eigenvalue weighted by Gasteiger charge is 1.96. The number of nitrogens with zero attached hydrogens (tertiary/aromatic N) is 3. The van der Waals surface area contributed by atoms with Gasteiger partial charge in [-0.3, -0.25) is 4.40 Å². The zero-order chi connectivity index (χ0) is 6.97. The van der Waals surface area contributed by atoms with Gasteiger partial charge in [-0.2, -0.15) is 4.79 Å². The first kappa shape index (κ1) is 5.34. The van der Waals surface area contributed by atoms with Crippen molar-refractivity contribution in [3.8, 4) is 0 Å². The number of hydrogen-bond acceptors (Lipinski definition) is 2. The molecule has 0 fully saturated rings. The Morgan fingerprint density at radius 3 is 3.30 bits per heavy atom. The molecule has 4 nitrogen and oxygen atoms in total. The Labute approximate surface area is 58.0 Å². The van der Waals surface area contributed by atoms with Crippen LogP contribution in [-0.4, -0.2) is 21.3 Å². The molecule has 0 aliphatic carbocycles. The van der Waals surface area contributed by atoms with Crippen molar-refractivity contribution in [2.75, 3.05) is 12.5 Å². The largest absolute Gasteiger partial charge is 0.311 e. The fourth-order valence-electron chi connectivity index (χ4n) is 1.00. The molecular formula is C6H8N4. The van der Waals surface area contributed by atoms with Crippen LogP contribution < -0.4 is 5.43 Å². The standard InChI is InChI=1S/C6H8N4/c1-7-10-6-3-2-4-9(6)5-8-10/h2-5,7H,1H3. The zero-order valence-corrected chi connectivity index (χ0v) is 5.65. The van der Waals surface area contributed by atoms with E-state index < -0.39 is 0 Å². The lowest BCUT2D eigenvalue weighted by atomic mass is 10.6. The third-order valence-corrected chi connectivity index (χ3v) is 1.48. The fourth-order valence-corrected chi connectivity index (χ4v) is 1.00. The molecule has 0 aliphatic heterocycles. The molecule has 0 unspecified atom stereocenters. The molecule has 10 heavy (non-hydrogen) atoms. The van der Waals surface area contributed by atoms with Gasteiger partial charge < -0.3 is 5.43 Å². The van der Waals surface area contributed by atoms with Crippen molar-refractivity contribution in [2.24, 2.45) is 0 Å². The molecule has 0 atom stereocenters. The van der Waals surface area contributed by atoms with Gasteiger partial charge in [0, 0.05) is 13.2 Å². The van der Waals surface area contributed by atoms with Gasteiger partial charge in [-0.05, 0) is 12.1 Å². The van der Waals surface area contributed by atoms with Gasteiger partial charge in [-0.15, -0.1) is 5.10 Å². The maximum atomic E-state index is 4.04. The molecule has 52 valence electrons. The summed E-state index contributed by atoms with van der Waals surface area (Å²) in [4.78, 5) is 1.71.